The van der Waals surface area contributed by atoms with Gasteiger partial charge in [0.25, 0.3) is 0 Å². The van der Waals surface area contributed by atoms with Gasteiger partial charge in [-0.05, 0) is 26.3 Å². The van der Waals surface area contributed by atoms with Crippen LogP contribution in [0.15, 0.2) is 0 Å². The highest BCUT2D eigenvalue weighted by molar-refractivity contribution is 14.0. The first-order chi connectivity index (χ1) is 21.0. The SMILES string of the molecule is CCCCCCCCCCCCCC(=O)OCC(CN(C)C(CO)CCO)OC(=O)CCCCCCCCCCCCC.I. The molecule has 8 heteroatoms. The smallest absolute Gasteiger partial charge is 0.306 e. The summed E-state index contributed by atoms with van der Waals surface area (Å²) >= 11 is 0. The van der Waals surface area contributed by atoms with E-state index in [0.717, 1.165) is 38.5 Å². The number of aliphatic hydroxyl groups excluding tert-OH is 2. The first-order valence-electron chi connectivity index (χ1n) is 18.2. The number of carbonyl (C=O) groups excluding carboxylic acids is 2. The van der Waals surface area contributed by atoms with Crippen LogP contribution in [0.1, 0.15) is 174 Å². The van der Waals surface area contributed by atoms with Crippen LogP contribution >= 0.6 is 24.0 Å². The molecular formula is C36H72INO6. The number of aliphatic hydroxyl groups is 2. The molecule has 2 unspecified atom stereocenters. The number of likely N-dealkylation sites (N-methyl/N-ethyl adjacent to an activating group) is 1. The normalized spacial score (nSPS) is 12.6. The molecule has 2 atom stereocenters. The quantitative estimate of drug-likeness (QED) is 0.0394. The summed E-state index contributed by atoms with van der Waals surface area (Å²) < 4.78 is 11.3. The van der Waals surface area contributed by atoms with Gasteiger partial charge in [0, 0.05) is 32.0 Å². The highest BCUT2D eigenvalue weighted by Gasteiger charge is 2.22. The number of unbranched alkanes of at least 4 members (excludes halogenated alkanes) is 20. The Morgan fingerprint density at radius 2 is 1.00 bits per heavy atom. The van der Waals surface area contributed by atoms with E-state index in [1.54, 1.807) is 0 Å². The highest BCUT2D eigenvalue weighted by atomic mass is 127. The van der Waals surface area contributed by atoms with Gasteiger partial charge in [0.15, 0.2) is 0 Å². The number of hydrogen-bond acceptors (Lipinski definition) is 7. The molecule has 7 nitrogen and oxygen atoms in total. The summed E-state index contributed by atoms with van der Waals surface area (Å²) in [4.78, 5) is 26.9. The third kappa shape index (κ3) is 30.2. The van der Waals surface area contributed by atoms with Crippen LogP contribution in [-0.2, 0) is 19.1 Å². The number of halogens is 1. The van der Waals surface area contributed by atoms with Crippen molar-refractivity contribution in [2.75, 3.05) is 33.4 Å². The zero-order valence-electron chi connectivity index (χ0n) is 29.0. The number of ether oxygens (including phenoxy) is 2. The zero-order chi connectivity index (χ0) is 31.8. The molecule has 264 valence electrons. The van der Waals surface area contributed by atoms with Crippen molar-refractivity contribution >= 4 is 35.9 Å². The molecule has 44 heavy (non-hydrogen) atoms. The Hall–Kier alpha value is -0.450. The summed E-state index contributed by atoms with van der Waals surface area (Å²) in [5, 5.41) is 19.0. The van der Waals surface area contributed by atoms with Crippen molar-refractivity contribution in [1.29, 1.82) is 0 Å². The standard InChI is InChI=1S/C36H71NO6.HI/c1-4-6-8-10-12-14-16-18-20-22-24-26-35(40)42-32-34(30-37(3)33(31-39)28-29-38)43-36(41)27-25-23-21-19-17-15-13-11-9-7-5-2;/h33-34,38-39H,4-32H2,1-3H3;1H. The minimum absolute atomic E-state index is 0. The van der Waals surface area contributed by atoms with Crippen molar-refractivity contribution in [2.24, 2.45) is 0 Å². The van der Waals surface area contributed by atoms with Crippen LogP contribution in [0, 0.1) is 0 Å². The van der Waals surface area contributed by atoms with Gasteiger partial charge in [-0.1, -0.05) is 142 Å². The summed E-state index contributed by atoms with van der Waals surface area (Å²) in [5.74, 6) is -0.516. The lowest BCUT2D eigenvalue weighted by atomic mass is 10.1. The molecule has 0 heterocycles. The molecule has 0 aromatic heterocycles. The van der Waals surface area contributed by atoms with Gasteiger partial charge in [0.1, 0.15) is 12.7 Å². The van der Waals surface area contributed by atoms with E-state index in [1.165, 1.54) is 103 Å². The fourth-order valence-corrected chi connectivity index (χ4v) is 5.56. The number of nitrogens with zero attached hydrogens (tertiary/aromatic N) is 1. The fourth-order valence-electron chi connectivity index (χ4n) is 5.56. The third-order valence-electron chi connectivity index (χ3n) is 8.49. The molecule has 0 radical (unpaired) electrons. The first kappa shape index (κ1) is 45.7. The molecule has 0 aromatic rings. The molecule has 0 amide bonds. The molecule has 0 bridgehead atoms. The van der Waals surface area contributed by atoms with Crippen LogP contribution in [0.2, 0.25) is 0 Å². The Kier molecular flexibility index (Phi) is 36.8. The summed E-state index contributed by atoms with van der Waals surface area (Å²) in [5.41, 5.74) is 0. The molecule has 0 saturated heterocycles. The molecule has 0 rings (SSSR count). The number of rotatable bonds is 33. The second-order valence-corrected chi connectivity index (χ2v) is 12.7. The molecule has 0 aliphatic carbocycles. The molecule has 0 saturated carbocycles. The third-order valence-corrected chi connectivity index (χ3v) is 8.49. The summed E-state index contributed by atoms with van der Waals surface area (Å²) in [6, 6.07) is -0.245. The molecule has 0 aliphatic rings. The topological polar surface area (TPSA) is 96.3 Å². The van der Waals surface area contributed by atoms with Crippen LogP contribution in [0.4, 0.5) is 0 Å². The van der Waals surface area contributed by atoms with Gasteiger partial charge in [0.05, 0.1) is 6.61 Å². The Morgan fingerprint density at radius 1 is 0.614 bits per heavy atom. The maximum Gasteiger partial charge on any atom is 0.306 e. The highest BCUT2D eigenvalue weighted by Crippen LogP contribution is 2.14. The summed E-state index contributed by atoms with van der Waals surface area (Å²) in [6.07, 6.45) is 27.5. The van der Waals surface area contributed by atoms with Gasteiger partial charge in [-0.2, -0.15) is 0 Å². The lowest BCUT2D eigenvalue weighted by Gasteiger charge is -2.29. The predicted octanol–water partition coefficient (Wildman–Crippen LogP) is 9.14. The van der Waals surface area contributed by atoms with Gasteiger partial charge < -0.3 is 19.7 Å². The molecule has 0 fully saturated rings. The minimum atomic E-state index is -0.598. The molecule has 0 aliphatic heterocycles. The Balaban J connectivity index is 0. The van der Waals surface area contributed by atoms with Crippen LogP contribution < -0.4 is 0 Å². The largest absolute Gasteiger partial charge is 0.462 e. The lowest BCUT2D eigenvalue weighted by molar-refractivity contribution is -0.160. The van der Waals surface area contributed by atoms with Crippen molar-refractivity contribution in [3.8, 4) is 0 Å². The lowest BCUT2D eigenvalue weighted by Crippen LogP contribution is -2.43. The van der Waals surface area contributed by atoms with E-state index in [9.17, 15) is 19.8 Å². The average molecular weight is 742 g/mol. The Bertz CT molecular complexity index is 623. The van der Waals surface area contributed by atoms with Crippen molar-refractivity contribution in [3.05, 3.63) is 0 Å². The maximum absolute atomic E-state index is 12.6. The summed E-state index contributed by atoms with van der Waals surface area (Å²) in [7, 11) is 1.83. The van der Waals surface area contributed by atoms with Crippen molar-refractivity contribution in [1.82, 2.24) is 4.90 Å². The van der Waals surface area contributed by atoms with Gasteiger partial charge in [0.2, 0.25) is 0 Å². The fraction of sp³-hybridized carbons (Fsp3) is 0.944. The van der Waals surface area contributed by atoms with Crippen LogP contribution in [0.5, 0.6) is 0 Å². The van der Waals surface area contributed by atoms with E-state index in [4.69, 9.17) is 9.47 Å². The molecule has 0 spiro atoms. The first-order valence-corrected chi connectivity index (χ1v) is 18.2. The summed E-state index contributed by atoms with van der Waals surface area (Å²) in [6.45, 7) is 4.71. The predicted molar refractivity (Wildman–Crippen MR) is 194 cm³/mol. The van der Waals surface area contributed by atoms with Crippen molar-refractivity contribution in [3.63, 3.8) is 0 Å². The van der Waals surface area contributed by atoms with E-state index in [-0.39, 0.29) is 61.8 Å². The second kappa shape index (κ2) is 35.4. The van der Waals surface area contributed by atoms with E-state index in [2.05, 4.69) is 13.8 Å². The van der Waals surface area contributed by atoms with E-state index in [0.29, 0.717) is 25.8 Å². The number of esters is 2. The van der Waals surface area contributed by atoms with Crippen LogP contribution in [0.25, 0.3) is 0 Å². The van der Waals surface area contributed by atoms with Gasteiger partial charge in [-0.25, -0.2) is 0 Å². The molecular weight excluding hydrogens is 669 g/mol. The molecule has 0 aromatic carbocycles. The van der Waals surface area contributed by atoms with E-state index >= 15 is 0 Å². The Labute approximate surface area is 289 Å². The number of carbonyl (C=O) groups is 2. The van der Waals surface area contributed by atoms with Crippen LogP contribution in [0.3, 0.4) is 0 Å². The van der Waals surface area contributed by atoms with Crippen molar-refractivity contribution < 1.29 is 29.3 Å². The molecule has 2 N–H and O–H groups in total. The van der Waals surface area contributed by atoms with Gasteiger partial charge in [-0.15, -0.1) is 24.0 Å². The van der Waals surface area contributed by atoms with E-state index in [1.807, 2.05) is 11.9 Å². The maximum atomic E-state index is 12.6. The monoisotopic (exact) mass is 741 g/mol. The minimum Gasteiger partial charge on any atom is -0.462 e. The Morgan fingerprint density at radius 3 is 1.39 bits per heavy atom. The van der Waals surface area contributed by atoms with E-state index < -0.39 is 6.10 Å². The van der Waals surface area contributed by atoms with Crippen molar-refractivity contribution in [2.45, 2.75) is 187 Å². The average Bonchev–Trinajstić information content (AvgIpc) is 3.00. The zero-order valence-corrected chi connectivity index (χ0v) is 31.4. The second-order valence-electron chi connectivity index (χ2n) is 12.7. The van der Waals surface area contributed by atoms with Gasteiger partial charge >= 0.3 is 11.9 Å². The van der Waals surface area contributed by atoms with Gasteiger partial charge in [-0.3, -0.25) is 14.5 Å². The van der Waals surface area contributed by atoms with Crippen LogP contribution in [-0.4, -0.2) is 72.6 Å². The number of hydrogen-bond donors (Lipinski definition) is 2.